The number of halogens is 2. The molecular weight excluding hydrogens is 258 g/mol. The number of nitrogens with two attached hydrogens (primary N) is 1. The summed E-state index contributed by atoms with van der Waals surface area (Å²) in [6, 6.07) is 3.08. The lowest BCUT2D eigenvalue weighted by atomic mass is 10.2. The Bertz CT molecular complexity index is 465. The largest absolute Gasteiger partial charge is 0.393 e. The van der Waals surface area contributed by atoms with E-state index in [0.29, 0.717) is 24.5 Å². The Balaban J connectivity index is 2.82. The molecule has 18 heavy (non-hydrogen) atoms. The van der Waals surface area contributed by atoms with Crippen LogP contribution in [-0.4, -0.2) is 28.9 Å². The second kappa shape index (κ2) is 6.39. The van der Waals surface area contributed by atoms with E-state index < -0.39 is 11.6 Å². The van der Waals surface area contributed by atoms with Gasteiger partial charge < -0.3 is 10.6 Å². The summed E-state index contributed by atoms with van der Waals surface area (Å²) in [6.45, 7) is 2.60. The molecule has 1 aromatic rings. The SMILES string of the molecule is CCN(CCC(N)=S)C(=O)c1ccc(F)c(F)c1. The number of benzene rings is 1. The third-order valence-electron chi connectivity index (χ3n) is 2.46. The van der Waals surface area contributed by atoms with Gasteiger partial charge in [-0.15, -0.1) is 0 Å². The first-order valence-corrected chi connectivity index (χ1v) is 5.89. The van der Waals surface area contributed by atoms with Crippen LogP contribution in [0, 0.1) is 11.6 Å². The number of carbonyl (C=O) groups excluding carboxylic acids is 1. The van der Waals surface area contributed by atoms with Crippen LogP contribution in [0.4, 0.5) is 8.78 Å². The summed E-state index contributed by atoms with van der Waals surface area (Å²) in [7, 11) is 0. The molecule has 0 heterocycles. The molecule has 6 heteroatoms. The number of amides is 1. The third-order valence-corrected chi connectivity index (χ3v) is 2.67. The van der Waals surface area contributed by atoms with Gasteiger partial charge in [0.2, 0.25) is 0 Å². The number of nitrogens with zero attached hydrogens (tertiary/aromatic N) is 1. The lowest BCUT2D eigenvalue weighted by Crippen LogP contribution is -2.33. The average Bonchev–Trinajstić information content (AvgIpc) is 2.32. The van der Waals surface area contributed by atoms with Crippen molar-refractivity contribution in [3.8, 4) is 0 Å². The summed E-state index contributed by atoms with van der Waals surface area (Å²) in [5.41, 5.74) is 5.47. The number of rotatable bonds is 5. The van der Waals surface area contributed by atoms with Crippen LogP contribution >= 0.6 is 12.2 Å². The van der Waals surface area contributed by atoms with Crippen LogP contribution in [0.2, 0.25) is 0 Å². The zero-order valence-corrected chi connectivity index (χ0v) is 10.8. The number of hydrogen-bond acceptors (Lipinski definition) is 2. The van der Waals surface area contributed by atoms with Crippen molar-refractivity contribution in [3.05, 3.63) is 35.4 Å². The summed E-state index contributed by atoms with van der Waals surface area (Å²) < 4.78 is 25.8. The van der Waals surface area contributed by atoms with Crippen LogP contribution in [0.3, 0.4) is 0 Å². The molecule has 0 bridgehead atoms. The van der Waals surface area contributed by atoms with Gasteiger partial charge in [0.15, 0.2) is 11.6 Å². The number of carbonyl (C=O) groups is 1. The zero-order valence-electron chi connectivity index (χ0n) is 9.95. The molecule has 3 nitrogen and oxygen atoms in total. The molecule has 1 amide bonds. The maximum Gasteiger partial charge on any atom is 0.253 e. The van der Waals surface area contributed by atoms with Gasteiger partial charge in [0.25, 0.3) is 5.91 Å². The minimum absolute atomic E-state index is 0.110. The van der Waals surface area contributed by atoms with Crippen LogP contribution in [0.25, 0.3) is 0 Å². The first-order chi connectivity index (χ1) is 8.45. The first kappa shape index (κ1) is 14.5. The Morgan fingerprint density at radius 2 is 2.06 bits per heavy atom. The highest BCUT2D eigenvalue weighted by Crippen LogP contribution is 2.11. The minimum atomic E-state index is -1.04. The maximum atomic E-state index is 13.0. The van der Waals surface area contributed by atoms with Gasteiger partial charge in [-0.1, -0.05) is 12.2 Å². The topological polar surface area (TPSA) is 46.3 Å². The molecule has 1 rings (SSSR count). The Hall–Kier alpha value is -1.56. The highest BCUT2D eigenvalue weighted by Gasteiger charge is 2.15. The van der Waals surface area contributed by atoms with E-state index in [1.165, 1.54) is 11.0 Å². The summed E-state index contributed by atoms with van der Waals surface area (Å²) >= 11 is 4.73. The monoisotopic (exact) mass is 272 g/mol. The van der Waals surface area contributed by atoms with Crippen LogP contribution < -0.4 is 5.73 Å². The minimum Gasteiger partial charge on any atom is -0.393 e. The smallest absolute Gasteiger partial charge is 0.253 e. The van der Waals surface area contributed by atoms with Crippen LogP contribution in [0.1, 0.15) is 23.7 Å². The molecule has 0 aliphatic rings. The molecule has 0 unspecified atom stereocenters. The van der Waals surface area contributed by atoms with Crippen LogP contribution in [0.15, 0.2) is 18.2 Å². The van der Waals surface area contributed by atoms with Gasteiger partial charge in [-0.25, -0.2) is 8.78 Å². The summed E-state index contributed by atoms with van der Waals surface area (Å²) in [4.78, 5) is 13.8. The van der Waals surface area contributed by atoms with E-state index in [4.69, 9.17) is 18.0 Å². The number of thiocarbonyl (C=S) groups is 1. The van der Waals surface area contributed by atoms with Crippen molar-refractivity contribution < 1.29 is 13.6 Å². The van der Waals surface area contributed by atoms with Crippen molar-refractivity contribution >= 4 is 23.1 Å². The average molecular weight is 272 g/mol. The van der Waals surface area contributed by atoms with Gasteiger partial charge in [0, 0.05) is 25.1 Å². The van der Waals surface area contributed by atoms with E-state index in [2.05, 4.69) is 0 Å². The van der Waals surface area contributed by atoms with Crippen molar-refractivity contribution in [3.63, 3.8) is 0 Å². The van der Waals surface area contributed by atoms with Gasteiger partial charge in [0.05, 0.1) is 4.99 Å². The molecule has 2 N–H and O–H groups in total. The fourth-order valence-corrected chi connectivity index (χ4v) is 1.55. The van der Waals surface area contributed by atoms with Gasteiger partial charge in [-0.3, -0.25) is 4.79 Å². The second-order valence-electron chi connectivity index (χ2n) is 3.73. The molecule has 0 radical (unpaired) electrons. The molecule has 0 aliphatic heterocycles. The van der Waals surface area contributed by atoms with Crippen LogP contribution in [-0.2, 0) is 0 Å². The van der Waals surface area contributed by atoms with E-state index in [9.17, 15) is 13.6 Å². The van der Waals surface area contributed by atoms with Crippen LogP contribution in [0.5, 0.6) is 0 Å². The highest BCUT2D eigenvalue weighted by atomic mass is 32.1. The van der Waals surface area contributed by atoms with Gasteiger partial charge in [-0.2, -0.15) is 0 Å². The molecule has 0 saturated carbocycles. The Labute approximate surface area is 110 Å². The summed E-state index contributed by atoms with van der Waals surface area (Å²) in [5.74, 6) is -2.38. The Morgan fingerprint density at radius 1 is 1.39 bits per heavy atom. The molecule has 1 aromatic carbocycles. The molecule has 98 valence electrons. The maximum absolute atomic E-state index is 13.0. The molecular formula is C12H14F2N2OS. The van der Waals surface area contributed by atoms with Crippen molar-refractivity contribution in [1.29, 1.82) is 0 Å². The van der Waals surface area contributed by atoms with Crippen molar-refractivity contribution in [2.24, 2.45) is 5.73 Å². The van der Waals surface area contributed by atoms with Crippen molar-refractivity contribution in [2.45, 2.75) is 13.3 Å². The Morgan fingerprint density at radius 3 is 2.56 bits per heavy atom. The van der Waals surface area contributed by atoms with Gasteiger partial charge >= 0.3 is 0 Å². The molecule has 0 aliphatic carbocycles. The fraction of sp³-hybridized carbons (Fsp3) is 0.333. The third kappa shape index (κ3) is 3.73. The Kier molecular flexibility index (Phi) is 5.15. The molecule has 0 aromatic heterocycles. The molecule has 0 atom stereocenters. The van der Waals surface area contributed by atoms with Crippen molar-refractivity contribution in [2.75, 3.05) is 13.1 Å². The fourth-order valence-electron chi connectivity index (χ4n) is 1.46. The lowest BCUT2D eigenvalue weighted by Gasteiger charge is -2.20. The number of hydrogen-bond donors (Lipinski definition) is 1. The summed E-state index contributed by atoms with van der Waals surface area (Å²) in [6.07, 6.45) is 0.401. The predicted octanol–water partition coefficient (Wildman–Crippen LogP) is 2.10. The normalized spacial score (nSPS) is 10.2. The van der Waals surface area contributed by atoms with E-state index in [-0.39, 0.29) is 11.5 Å². The quantitative estimate of drug-likeness (QED) is 0.835. The predicted molar refractivity (Wildman–Crippen MR) is 69.3 cm³/mol. The first-order valence-electron chi connectivity index (χ1n) is 5.48. The van der Waals surface area contributed by atoms with E-state index >= 15 is 0 Å². The zero-order chi connectivity index (χ0) is 13.7. The summed E-state index contributed by atoms with van der Waals surface area (Å²) in [5, 5.41) is 0. The standard InChI is InChI=1S/C12H14F2N2OS/c1-2-16(6-5-11(15)18)12(17)8-3-4-9(13)10(14)7-8/h3-4,7H,2,5-6H2,1H3,(H2,15,18). The lowest BCUT2D eigenvalue weighted by molar-refractivity contribution is 0.0768. The highest BCUT2D eigenvalue weighted by molar-refractivity contribution is 7.80. The second-order valence-corrected chi connectivity index (χ2v) is 4.25. The molecule has 0 saturated heterocycles. The van der Waals surface area contributed by atoms with E-state index in [0.717, 1.165) is 12.1 Å². The molecule has 0 fully saturated rings. The van der Waals surface area contributed by atoms with Gasteiger partial charge in [0.1, 0.15) is 0 Å². The molecule has 0 spiro atoms. The van der Waals surface area contributed by atoms with E-state index in [1.807, 2.05) is 0 Å². The van der Waals surface area contributed by atoms with Gasteiger partial charge in [-0.05, 0) is 25.1 Å². The van der Waals surface area contributed by atoms with E-state index in [1.54, 1.807) is 6.92 Å². The van der Waals surface area contributed by atoms with Crippen molar-refractivity contribution in [1.82, 2.24) is 4.90 Å².